The van der Waals surface area contributed by atoms with Gasteiger partial charge < -0.3 is 0 Å². The van der Waals surface area contributed by atoms with Crippen LogP contribution in [-0.4, -0.2) is 9.97 Å². The number of halogens is 12. The van der Waals surface area contributed by atoms with Gasteiger partial charge >= 0.3 is 24.7 Å². The molecule has 286 valence electrons. The largest absolute Gasteiger partial charge is 0.417 e. The summed E-state index contributed by atoms with van der Waals surface area (Å²) in [6.07, 6.45) is -20.7. The Labute approximate surface area is 317 Å². The summed E-state index contributed by atoms with van der Waals surface area (Å²) in [4.78, 5) is 15.7. The maximum Gasteiger partial charge on any atom is 0.417 e. The number of nitrogens with zero attached hydrogens (tertiary/aromatic N) is 6. The zero-order valence-electron chi connectivity index (χ0n) is 28.1. The second kappa shape index (κ2) is 13.1. The van der Waals surface area contributed by atoms with E-state index in [1.54, 1.807) is 12.1 Å². The lowest BCUT2D eigenvalue weighted by Gasteiger charge is -2.17. The van der Waals surface area contributed by atoms with Crippen LogP contribution in [0.25, 0.3) is 65.6 Å². The minimum Gasteiger partial charge on any atom is -0.245 e. The Bertz CT molecular complexity index is 2650. The van der Waals surface area contributed by atoms with E-state index in [9.17, 15) is 63.2 Å². The normalized spacial score (nSPS) is 14.9. The Hall–Kier alpha value is -7.44. The molecule has 0 fully saturated rings. The summed E-state index contributed by atoms with van der Waals surface area (Å²) in [5, 5.41) is 19.9. The number of allylic oxidation sites excluding steroid dienone is 2. The predicted molar refractivity (Wildman–Crippen MR) is 180 cm³/mol. The zero-order chi connectivity index (χ0) is 42.3. The van der Waals surface area contributed by atoms with Gasteiger partial charge in [0.25, 0.3) is 11.4 Å². The van der Waals surface area contributed by atoms with Gasteiger partial charge in [0.2, 0.25) is 0 Å². The Morgan fingerprint density at radius 3 is 1.09 bits per heavy atom. The van der Waals surface area contributed by atoms with Gasteiger partial charge in [0.1, 0.15) is 0 Å². The van der Waals surface area contributed by atoms with Gasteiger partial charge in [0.05, 0.1) is 70.3 Å². The fourth-order valence-electron chi connectivity index (χ4n) is 6.83. The molecule has 0 saturated heterocycles. The van der Waals surface area contributed by atoms with E-state index in [-0.39, 0.29) is 79.4 Å². The van der Waals surface area contributed by atoms with Crippen molar-refractivity contribution in [2.24, 2.45) is 0 Å². The molecule has 0 radical (unpaired) electrons. The van der Waals surface area contributed by atoms with Gasteiger partial charge in [-0.1, -0.05) is 36.4 Å². The summed E-state index contributed by atoms with van der Waals surface area (Å²) in [6.45, 7) is 15.3. The summed E-state index contributed by atoms with van der Waals surface area (Å²) >= 11 is 0. The fourth-order valence-corrected chi connectivity index (χ4v) is 6.83. The second-order valence-electron chi connectivity index (χ2n) is 12.5. The van der Waals surface area contributed by atoms with Crippen LogP contribution in [0, 0.1) is 35.8 Å². The SMILES string of the molecule is [C-]#[N+]/C(C#N)=C1/c2cc(-c3ccc(C(F)(F)F)cc3C(F)(F)F)ccc2-c2nc3c(nc21)-c1ccc(-c2ccc(C(F)(F)F)cc2C(F)(F)F)cc1/C3=C(/C#N)[N+]#[C-]. The van der Waals surface area contributed by atoms with Crippen LogP contribution >= 0.6 is 0 Å². The molecule has 0 amide bonds. The molecular formula is C40H12F12N6. The molecule has 0 aliphatic heterocycles. The highest BCUT2D eigenvalue weighted by atomic mass is 19.4. The van der Waals surface area contributed by atoms with Crippen molar-refractivity contribution in [2.75, 3.05) is 0 Å². The van der Waals surface area contributed by atoms with Crippen LogP contribution in [-0.2, 0) is 24.7 Å². The summed E-state index contributed by atoms with van der Waals surface area (Å²) in [5.41, 5.74) is -10.5. The van der Waals surface area contributed by atoms with Crippen LogP contribution in [0.2, 0.25) is 0 Å². The van der Waals surface area contributed by atoms with E-state index < -0.39 is 69.5 Å². The number of benzene rings is 4. The first-order valence-corrected chi connectivity index (χ1v) is 16.0. The van der Waals surface area contributed by atoms with Gasteiger partial charge in [-0.2, -0.15) is 52.7 Å². The zero-order valence-corrected chi connectivity index (χ0v) is 28.1. The molecule has 0 spiro atoms. The Morgan fingerprint density at radius 2 is 0.793 bits per heavy atom. The van der Waals surface area contributed by atoms with Crippen molar-refractivity contribution in [3.8, 4) is 56.9 Å². The lowest BCUT2D eigenvalue weighted by Crippen LogP contribution is -2.12. The molecule has 7 rings (SSSR count). The highest BCUT2D eigenvalue weighted by Gasteiger charge is 2.42. The Morgan fingerprint density at radius 1 is 0.448 bits per heavy atom. The average molecular weight is 805 g/mol. The number of nitriles is 2. The van der Waals surface area contributed by atoms with Crippen LogP contribution in [0.4, 0.5) is 52.7 Å². The summed E-state index contributed by atoms with van der Waals surface area (Å²) < 4.78 is 165. The lowest BCUT2D eigenvalue weighted by atomic mass is 9.93. The van der Waals surface area contributed by atoms with Gasteiger partial charge in [-0.15, -0.1) is 0 Å². The molecule has 0 atom stereocenters. The topological polar surface area (TPSA) is 82.1 Å². The first-order chi connectivity index (χ1) is 27.1. The number of hydrogen-bond acceptors (Lipinski definition) is 4. The minimum absolute atomic E-state index is 0.0517. The molecule has 0 bridgehead atoms. The van der Waals surface area contributed by atoms with E-state index in [4.69, 9.17) is 13.1 Å². The number of rotatable bonds is 2. The van der Waals surface area contributed by atoms with Crippen molar-refractivity contribution in [2.45, 2.75) is 24.7 Å². The van der Waals surface area contributed by atoms with Crippen LogP contribution in [0.5, 0.6) is 0 Å². The Kier molecular flexibility index (Phi) is 8.75. The molecule has 2 aliphatic carbocycles. The van der Waals surface area contributed by atoms with E-state index in [0.29, 0.717) is 24.3 Å². The van der Waals surface area contributed by atoms with Crippen molar-refractivity contribution >= 4 is 11.1 Å². The van der Waals surface area contributed by atoms with Crippen molar-refractivity contribution in [3.05, 3.63) is 152 Å². The van der Waals surface area contributed by atoms with Crippen LogP contribution < -0.4 is 0 Å². The average Bonchev–Trinajstić information content (AvgIpc) is 3.64. The summed E-state index contributed by atoms with van der Waals surface area (Å²) in [7, 11) is 0. The van der Waals surface area contributed by atoms with Crippen molar-refractivity contribution in [1.29, 1.82) is 10.5 Å². The highest BCUT2D eigenvalue weighted by Crippen LogP contribution is 2.53. The highest BCUT2D eigenvalue weighted by molar-refractivity contribution is 6.07. The summed E-state index contributed by atoms with van der Waals surface area (Å²) in [5.74, 6) is 0. The van der Waals surface area contributed by atoms with Gasteiger partial charge in [-0.3, -0.25) is 0 Å². The first kappa shape index (κ1) is 38.8. The minimum atomic E-state index is -5.26. The molecule has 5 aromatic rings. The third kappa shape index (κ3) is 6.25. The molecule has 1 heterocycles. The van der Waals surface area contributed by atoms with Crippen LogP contribution in [0.15, 0.2) is 84.2 Å². The third-order valence-electron chi connectivity index (χ3n) is 9.29. The third-order valence-corrected chi connectivity index (χ3v) is 9.29. The fraction of sp³-hybridized carbons (Fsp3) is 0.100. The first-order valence-electron chi connectivity index (χ1n) is 16.0. The molecule has 0 N–H and O–H groups in total. The molecule has 1 aromatic heterocycles. The van der Waals surface area contributed by atoms with Crippen LogP contribution in [0.1, 0.15) is 44.8 Å². The number of hydrogen-bond donors (Lipinski definition) is 0. The molecule has 18 heteroatoms. The molecule has 6 nitrogen and oxygen atoms in total. The quantitative estimate of drug-likeness (QED) is 0.0990. The van der Waals surface area contributed by atoms with Gasteiger partial charge in [-0.25, -0.2) is 30.2 Å². The predicted octanol–water partition coefficient (Wildman–Crippen LogP) is 12.3. The molecule has 0 unspecified atom stereocenters. The molecule has 0 saturated carbocycles. The van der Waals surface area contributed by atoms with E-state index in [0.717, 1.165) is 24.3 Å². The van der Waals surface area contributed by atoms with Crippen molar-refractivity contribution < 1.29 is 52.7 Å². The van der Waals surface area contributed by atoms with Gasteiger partial charge in [0.15, 0.2) is 0 Å². The maximum atomic E-state index is 14.2. The molecule has 4 aromatic carbocycles. The number of fused-ring (bicyclic) bond motifs is 6. The van der Waals surface area contributed by atoms with Crippen molar-refractivity contribution in [3.63, 3.8) is 0 Å². The van der Waals surface area contributed by atoms with Crippen LogP contribution in [0.3, 0.4) is 0 Å². The molecule has 58 heavy (non-hydrogen) atoms. The van der Waals surface area contributed by atoms with E-state index in [2.05, 4.69) is 19.7 Å². The standard InChI is InChI=1S/C40H12F12N6/c1-55-29(15-53)31-25-11-17(21-9-5-19(37(41,42)43)13-27(21)39(47,48)49)3-7-23(25)33-35(31)57-34-24-8-4-18(12-26(24)32(36(34)58-33)30(16-54)56-2)22-10-6-20(38(44,45)46)14-28(22)40(50,51)52/h3-14H/b31-29-,32-30+. The molecule has 2 aliphatic rings. The van der Waals surface area contributed by atoms with E-state index in [1.807, 2.05) is 0 Å². The van der Waals surface area contributed by atoms with Crippen molar-refractivity contribution in [1.82, 2.24) is 9.97 Å². The second-order valence-corrected chi connectivity index (χ2v) is 12.5. The summed E-state index contributed by atoms with van der Waals surface area (Å²) in [6, 6.07) is 12.3. The van der Waals surface area contributed by atoms with E-state index >= 15 is 0 Å². The van der Waals surface area contributed by atoms with E-state index in [1.165, 1.54) is 12.1 Å². The Balaban J connectivity index is 1.45. The number of alkyl halides is 12. The van der Waals surface area contributed by atoms with Gasteiger partial charge in [0, 0.05) is 22.3 Å². The van der Waals surface area contributed by atoms with Gasteiger partial charge in [-0.05, 0) is 69.8 Å². The lowest BCUT2D eigenvalue weighted by molar-refractivity contribution is -0.144. The monoisotopic (exact) mass is 804 g/mol. The maximum absolute atomic E-state index is 14.2. The number of aromatic nitrogens is 2. The smallest absolute Gasteiger partial charge is 0.245 e. The molecular weight excluding hydrogens is 792 g/mol.